The molecular formula is C16H14FN5O. The molecule has 1 aliphatic rings. The summed E-state index contributed by atoms with van der Waals surface area (Å²) in [6, 6.07) is 5.44. The fraction of sp³-hybridized carbons (Fsp3) is 0.312. The van der Waals surface area contributed by atoms with Crippen LogP contribution in [0.2, 0.25) is 0 Å². The molecular weight excluding hydrogens is 297 g/mol. The second-order valence-electron chi connectivity index (χ2n) is 5.55. The van der Waals surface area contributed by atoms with Gasteiger partial charge in [-0.2, -0.15) is 5.26 Å². The maximum absolute atomic E-state index is 14.1. The van der Waals surface area contributed by atoms with E-state index in [-0.39, 0.29) is 0 Å². The summed E-state index contributed by atoms with van der Waals surface area (Å²) in [5.41, 5.74) is 1.71. The monoisotopic (exact) mass is 311 g/mol. The molecule has 0 saturated carbocycles. The van der Waals surface area contributed by atoms with Crippen LogP contribution in [0.1, 0.15) is 12.1 Å². The number of pyridine rings is 2. The van der Waals surface area contributed by atoms with Crippen LogP contribution in [0.15, 0.2) is 24.5 Å². The normalized spacial score (nSPS) is 21.4. The first-order valence-corrected chi connectivity index (χ1v) is 7.44. The Balaban J connectivity index is 1.84. The van der Waals surface area contributed by atoms with E-state index in [9.17, 15) is 4.39 Å². The minimum atomic E-state index is -0.999. The summed E-state index contributed by atoms with van der Waals surface area (Å²) in [6.07, 6.45) is 2.13. The van der Waals surface area contributed by atoms with E-state index in [1.54, 1.807) is 24.5 Å². The molecule has 6 nitrogen and oxygen atoms in total. The van der Waals surface area contributed by atoms with Gasteiger partial charge in [0.1, 0.15) is 35.4 Å². The summed E-state index contributed by atoms with van der Waals surface area (Å²) >= 11 is 0. The molecule has 2 N–H and O–H groups in total. The van der Waals surface area contributed by atoms with E-state index >= 15 is 0 Å². The van der Waals surface area contributed by atoms with Gasteiger partial charge in [0.15, 0.2) is 0 Å². The van der Waals surface area contributed by atoms with Crippen LogP contribution in [0.4, 0.5) is 4.39 Å². The SMILES string of the molecule is N#Cc1cc2c(cn1)[nH]c1nccc(O[C@H]3CNCC[C@H]3F)c12. The fourth-order valence-electron chi connectivity index (χ4n) is 2.92. The van der Waals surface area contributed by atoms with Crippen molar-refractivity contribution in [2.75, 3.05) is 13.1 Å². The van der Waals surface area contributed by atoms with Crippen molar-refractivity contribution in [3.8, 4) is 11.8 Å². The molecule has 4 rings (SSSR count). The van der Waals surface area contributed by atoms with Gasteiger partial charge < -0.3 is 15.0 Å². The maximum atomic E-state index is 14.1. The molecule has 3 aromatic heterocycles. The van der Waals surface area contributed by atoms with Crippen LogP contribution in [0.5, 0.6) is 5.75 Å². The van der Waals surface area contributed by atoms with Crippen LogP contribution in [0.25, 0.3) is 21.9 Å². The predicted octanol–water partition coefficient (Wildman–Crippen LogP) is 2.06. The summed E-state index contributed by atoms with van der Waals surface area (Å²) in [6.45, 7) is 1.13. The Labute approximate surface area is 131 Å². The third kappa shape index (κ3) is 2.37. The number of alkyl halides is 1. The molecule has 0 radical (unpaired) electrons. The molecule has 0 amide bonds. The number of nitrogens with one attached hydrogen (secondary N) is 2. The highest BCUT2D eigenvalue weighted by atomic mass is 19.1. The molecule has 4 heterocycles. The highest BCUT2D eigenvalue weighted by Crippen LogP contribution is 2.33. The number of nitriles is 1. The summed E-state index contributed by atoms with van der Waals surface area (Å²) < 4.78 is 20.0. The number of nitrogens with zero attached hydrogens (tertiary/aromatic N) is 3. The average molecular weight is 311 g/mol. The topological polar surface area (TPSA) is 86.6 Å². The Kier molecular flexibility index (Phi) is 3.32. The fourth-order valence-corrected chi connectivity index (χ4v) is 2.92. The number of aromatic amines is 1. The minimum absolute atomic E-state index is 0.316. The third-order valence-electron chi connectivity index (χ3n) is 4.08. The molecule has 1 aliphatic heterocycles. The maximum Gasteiger partial charge on any atom is 0.142 e. The lowest BCUT2D eigenvalue weighted by Crippen LogP contribution is -2.45. The Morgan fingerprint density at radius 1 is 1.39 bits per heavy atom. The van der Waals surface area contributed by atoms with Crippen molar-refractivity contribution in [2.45, 2.75) is 18.7 Å². The molecule has 7 heteroatoms. The summed E-state index contributed by atoms with van der Waals surface area (Å²) in [5.74, 6) is 0.563. The van der Waals surface area contributed by atoms with Crippen LogP contribution < -0.4 is 10.1 Å². The minimum Gasteiger partial charge on any atom is -0.485 e. The molecule has 0 unspecified atom stereocenters. The first kappa shape index (κ1) is 13.9. The van der Waals surface area contributed by atoms with Crippen LogP contribution in [0.3, 0.4) is 0 Å². The van der Waals surface area contributed by atoms with Gasteiger partial charge >= 0.3 is 0 Å². The zero-order valence-corrected chi connectivity index (χ0v) is 12.2. The second-order valence-corrected chi connectivity index (χ2v) is 5.55. The molecule has 116 valence electrons. The van der Waals surface area contributed by atoms with Crippen LogP contribution in [-0.2, 0) is 0 Å². The highest BCUT2D eigenvalue weighted by molar-refractivity contribution is 6.09. The van der Waals surface area contributed by atoms with Crippen molar-refractivity contribution in [1.29, 1.82) is 5.26 Å². The Morgan fingerprint density at radius 2 is 2.30 bits per heavy atom. The third-order valence-corrected chi connectivity index (χ3v) is 4.08. The summed E-state index contributed by atoms with van der Waals surface area (Å²) in [7, 11) is 0. The highest BCUT2D eigenvalue weighted by Gasteiger charge is 2.27. The quantitative estimate of drug-likeness (QED) is 0.756. The van der Waals surface area contributed by atoms with Gasteiger partial charge in [0.05, 0.1) is 17.1 Å². The zero-order valence-electron chi connectivity index (χ0n) is 12.2. The lowest BCUT2D eigenvalue weighted by atomic mass is 10.1. The summed E-state index contributed by atoms with van der Waals surface area (Å²) in [5, 5.41) is 13.7. The van der Waals surface area contributed by atoms with Crippen molar-refractivity contribution >= 4 is 21.9 Å². The van der Waals surface area contributed by atoms with Gasteiger partial charge in [-0.1, -0.05) is 0 Å². The second kappa shape index (κ2) is 5.48. The van der Waals surface area contributed by atoms with Crippen molar-refractivity contribution < 1.29 is 9.13 Å². The lowest BCUT2D eigenvalue weighted by Gasteiger charge is -2.27. The largest absolute Gasteiger partial charge is 0.485 e. The van der Waals surface area contributed by atoms with E-state index < -0.39 is 12.3 Å². The van der Waals surface area contributed by atoms with Crippen LogP contribution >= 0.6 is 0 Å². The lowest BCUT2D eigenvalue weighted by molar-refractivity contribution is 0.0758. The molecule has 1 saturated heterocycles. The Bertz CT molecular complexity index is 916. The van der Waals surface area contributed by atoms with Crippen LogP contribution in [-0.4, -0.2) is 40.3 Å². The number of piperidine rings is 1. The number of halogens is 1. The molecule has 23 heavy (non-hydrogen) atoms. The van der Waals surface area contributed by atoms with Crippen molar-refractivity contribution in [3.05, 3.63) is 30.2 Å². The van der Waals surface area contributed by atoms with E-state index in [1.807, 2.05) is 6.07 Å². The Hall–Kier alpha value is -2.72. The number of aromatic nitrogens is 3. The predicted molar refractivity (Wildman–Crippen MR) is 82.9 cm³/mol. The standard InChI is InChI=1S/C16H14FN5O/c17-11-1-3-19-8-14(11)23-13-2-4-20-16-15(13)10-5-9(6-18)21-7-12(10)22-16/h2,4-5,7,11,14,19H,1,3,8H2,(H,20,22)/t11-,14+/m1/s1. The molecule has 3 aromatic rings. The van der Waals surface area contributed by atoms with Crippen molar-refractivity contribution in [2.24, 2.45) is 0 Å². The molecule has 0 aliphatic carbocycles. The van der Waals surface area contributed by atoms with Crippen LogP contribution in [0, 0.1) is 11.3 Å². The van der Waals surface area contributed by atoms with Gasteiger partial charge in [-0.3, -0.25) is 0 Å². The van der Waals surface area contributed by atoms with Gasteiger partial charge in [0.25, 0.3) is 0 Å². The summed E-state index contributed by atoms with van der Waals surface area (Å²) in [4.78, 5) is 11.5. The first-order chi connectivity index (χ1) is 11.3. The molecule has 1 fully saturated rings. The van der Waals surface area contributed by atoms with Crippen molar-refractivity contribution in [3.63, 3.8) is 0 Å². The smallest absolute Gasteiger partial charge is 0.142 e. The van der Waals surface area contributed by atoms with Gasteiger partial charge in [0.2, 0.25) is 0 Å². The first-order valence-electron chi connectivity index (χ1n) is 7.44. The molecule has 2 atom stereocenters. The van der Waals surface area contributed by atoms with E-state index in [1.165, 1.54) is 0 Å². The van der Waals surface area contributed by atoms with Gasteiger partial charge in [-0.15, -0.1) is 0 Å². The number of ether oxygens (including phenoxy) is 1. The molecule has 0 bridgehead atoms. The number of rotatable bonds is 2. The van der Waals surface area contributed by atoms with Gasteiger partial charge in [0, 0.05) is 18.1 Å². The molecule has 0 spiro atoms. The van der Waals surface area contributed by atoms with Crippen molar-refractivity contribution in [1.82, 2.24) is 20.3 Å². The number of hydrogen-bond acceptors (Lipinski definition) is 5. The zero-order chi connectivity index (χ0) is 15.8. The van der Waals surface area contributed by atoms with E-state index in [0.29, 0.717) is 36.6 Å². The number of hydrogen-bond donors (Lipinski definition) is 2. The van der Waals surface area contributed by atoms with Gasteiger partial charge in [-0.05, 0) is 25.1 Å². The van der Waals surface area contributed by atoms with E-state index in [4.69, 9.17) is 10.00 Å². The molecule has 0 aromatic carbocycles. The van der Waals surface area contributed by atoms with E-state index in [0.717, 1.165) is 16.3 Å². The Morgan fingerprint density at radius 3 is 3.13 bits per heavy atom. The average Bonchev–Trinajstić information content (AvgIpc) is 2.95. The number of H-pyrrole nitrogens is 1. The number of fused-ring (bicyclic) bond motifs is 3. The van der Waals surface area contributed by atoms with Gasteiger partial charge in [-0.25, -0.2) is 14.4 Å². The van der Waals surface area contributed by atoms with E-state index in [2.05, 4.69) is 20.3 Å².